The number of rotatable bonds is 7. The largest absolute Gasteiger partial charge is 0.388 e. The maximum absolute atomic E-state index is 10.6. The van der Waals surface area contributed by atoms with Crippen LogP contribution in [-0.2, 0) is 32.2 Å². The molecule has 0 spiro atoms. The van der Waals surface area contributed by atoms with Gasteiger partial charge in [-0.05, 0) is 18.1 Å². The molecule has 0 aliphatic carbocycles. The van der Waals surface area contributed by atoms with E-state index < -0.39 is 30.7 Å². The van der Waals surface area contributed by atoms with Gasteiger partial charge in [0.2, 0.25) is 0 Å². The van der Waals surface area contributed by atoms with Crippen molar-refractivity contribution in [1.82, 2.24) is 0 Å². The summed E-state index contributed by atoms with van der Waals surface area (Å²) in [5.74, 6) is 0. The Hall–Kier alpha value is -1.76. The van der Waals surface area contributed by atoms with E-state index in [9.17, 15) is 5.11 Å². The number of benzene rings is 2. The van der Waals surface area contributed by atoms with Crippen LogP contribution in [0, 0.1) is 0 Å². The van der Waals surface area contributed by atoms with E-state index in [0.29, 0.717) is 13.2 Å². The Labute approximate surface area is 154 Å². The molecule has 5 heteroatoms. The zero-order valence-electron chi connectivity index (χ0n) is 15.2. The molecule has 140 valence electrons. The SMILES string of the molecule is COC1O[C@@H](C)[C@@H](O)[C@@H](OCc2ccccc2)[C@@H]1OCc1ccccc1. The average molecular weight is 358 g/mol. The molecule has 2 aromatic carbocycles. The van der Waals surface area contributed by atoms with Crippen LogP contribution in [-0.4, -0.2) is 42.9 Å². The first-order chi connectivity index (χ1) is 12.7. The number of methoxy groups -OCH3 is 1. The van der Waals surface area contributed by atoms with Crippen molar-refractivity contribution in [3.63, 3.8) is 0 Å². The van der Waals surface area contributed by atoms with Crippen LogP contribution in [0.1, 0.15) is 18.1 Å². The predicted octanol–water partition coefficient (Wildman–Crippen LogP) is 2.91. The second kappa shape index (κ2) is 9.26. The molecular formula is C21H26O5. The Kier molecular flexibility index (Phi) is 6.77. The third-order valence-corrected chi connectivity index (χ3v) is 4.56. The van der Waals surface area contributed by atoms with Gasteiger partial charge < -0.3 is 24.1 Å². The summed E-state index contributed by atoms with van der Waals surface area (Å²) in [6.45, 7) is 2.58. The highest BCUT2D eigenvalue weighted by Gasteiger charge is 2.45. The van der Waals surface area contributed by atoms with Crippen LogP contribution in [0.2, 0.25) is 0 Å². The third kappa shape index (κ3) is 4.69. The van der Waals surface area contributed by atoms with Crippen LogP contribution in [0.5, 0.6) is 0 Å². The van der Waals surface area contributed by atoms with Crippen molar-refractivity contribution in [3.8, 4) is 0 Å². The van der Waals surface area contributed by atoms with E-state index in [1.807, 2.05) is 67.6 Å². The fraction of sp³-hybridized carbons (Fsp3) is 0.429. The van der Waals surface area contributed by atoms with E-state index in [2.05, 4.69) is 0 Å². The van der Waals surface area contributed by atoms with Gasteiger partial charge in [0.25, 0.3) is 0 Å². The normalized spacial score (nSPS) is 28.8. The summed E-state index contributed by atoms with van der Waals surface area (Å²) in [4.78, 5) is 0. The van der Waals surface area contributed by atoms with E-state index >= 15 is 0 Å². The molecule has 0 bridgehead atoms. The lowest BCUT2D eigenvalue weighted by atomic mass is 9.99. The molecular weight excluding hydrogens is 332 g/mol. The summed E-state index contributed by atoms with van der Waals surface area (Å²) >= 11 is 0. The zero-order chi connectivity index (χ0) is 18.4. The van der Waals surface area contributed by atoms with E-state index in [1.165, 1.54) is 0 Å². The van der Waals surface area contributed by atoms with Crippen molar-refractivity contribution in [2.45, 2.75) is 50.8 Å². The summed E-state index contributed by atoms with van der Waals surface area (Å²) in [5, 5.41) is 10.6. The van der Waals surface area contributed by atoms with E-state index in [0.717, 1.165) is 11.1 Å². The third-order valence-electron chi connectivity index (χ3n) is 4.56. The Morgan fingerprint density at radius 1 is 0.846 bits per heavy atom. The molecule has 1 fully saturated rings. The molecule has 1 aliphatic heterocycles. The second-order valence-electron chi connectivity index (χ2n) is 6.46. The van der Waals surface area contributed by atoms with Gasteiger partial charge in [0, 0.05) is 7.11 Å². The van der Waals surface area contributed by atoms with E-state index in [-0.39, 0.29) is 0 Å². The molecule has 1 N–H and O–H groups in total. The van der Waals surface area contributed by atoms with Gasteiger partial charge in [-0.3, -0.25) is 0 Å². The lowest BCUT2D eigenvalue weighted by Gasteiger charge is -2.42. The van der Waals surface area contributed by atoms with Crippen LogP contribution >= 0.6 is 0 Å². The van der Waals surface area contributed by atoms with Gasteiger partial charge in [-0.2, -0.15) is 0 Å². The molecule has 0 radical (unpaired) electrons. The van der Waals surface area contributed by atoms with Gasteiger partial charge >= 0.3 is 0 Å². The van der Waals surface area contributed by atoms with Crippen LogP contribution in [0.4, 0.5) is 0 Å². The van der Waals surface area contributed by atoms with Gasteiger partial charge in [0.15, 0.2) is 6.29 Å². The molecule has 0 saturated carbocycles. The van der Waals surface area contributed by atoms with Gasteiger partial charge in [0.05, 0.1) is 19.3 Å². The van der Waals surface area contributed by atoms with E-state index in [1.54, 1.807) is 7.11 Å². The molecule has 3 rings (SSSR count). The van der Waals surface area contributed by atoms with Gasteiger partial charge in [-0.1, -0.05) is 60.7 Å². The summed E-state index contributed by atoms with van der Waals surface area (Å²) in [7, 11) is 1.57. The average Bonchev–Trinajstić information content (AvgIpc) is 2.69. The Bertz CT molecular complexity index is 604. The quantitative estimate of drug-likeness (QED) is 0.825. The number of ether oxygens (including phenoxy) is 4. The van der Waals surface area contributed by atoms with Gasteiger partial charge in [-0.25, -0.2) is 0 Å². The Morgan fingerprint density at radius 2 is 1.35 bits per heavy atom. The Balaban J connectivity index is 1.71. The number of hydrogen-bond donors (Lipinski definition) is 1. The second-order valence-corrected chi connectivity index (χ2v) is 6.46. The maximum atomic E-state index is 10.6. The predicted molar refractivity (Wildman–Crippen MR) is 97.4 cm³/mol. The number of hydrogen-bond acceptors (Lipinski definition) is 5. The molecule has 0 aromatic heterocycles. The Morgan fingerprint density at radius 3 is 1.85 bits per heavy atom. The van der Waals surface area contributed by atoms with Crippen molar-refractivity contribution in [3.05, 3.63) is 71.8 Å². The molecule has 5 atom stereocenters. The zero-order valence-corrected chi connectivity index (χ0v) is 15.2. The summed E-state index contributed by atoms with van der Waals surface area (Å²) < 4.78 is 23.3. The minimum Gasteiger partial charge on any atom is -0.388 e. The fourth-order valence-corrected chi connectivity index (χ4v) is 3.08. The summed E-state index contributed by atoms with van der Waals surface area (Å²) in [5.41, 5.74) is 2.08. The van der Waals surface area contributed by atoms with Crippen molar-refractivity contribution >= 4 is 0 Å². The first-order valence-electron chi connectivity index (χ1n) is 8.86. The first kappa shape index (κ1) is 19.0. The summed E-state index contributed by atoms with van der Waals surface area (Å²) in [6, 6.07) is 19.7. The van der Waals surface area contributed by atoms with Crippen molar-refractivity contribution in [2.24, 2.45) is 0 Å². The molecule has 26 heavy (non-hydrogen) atoms. The van der Waals surface area contributed by atoms with Crippen molar-refractivity contribution < 1.29 is 24.1 Å². The van der Waals surface area contributed by atoms with Gasteiger partial charge in [-0.15, -0.1) is 0 Å². The maximum Gasteiger partial charge on any atom is 0.186 e. The fourth-order valence-electron chi connectivity index (χ4n) is 3.08. The molecule has 1 unspecified atom stereocenters. The minimum absolute atomic E-state index is 0.386. The van der Waals surface area contributed by atoms with Crippen LogP contribution < -0.4 is 0 Å². The van der Waals surface area contributed by atoms with Crippen LogP contribution in [0.25, 0.3) is 0 Å². The molecule has 1 saturated heterocycles. The highest BCUT2D eigenvalue weighted by atomic mass is 16.7. The molecule has 1 aliphatic rings. The smallest absolute Gasteiger partial charge is 0.186 e. The van der Waals surface area contributed by atoms with Crippen LogP contribution in [0.15, 0.2) is 60.7 Å². The molecule has 0 amide bonds. The van der Waals surface area contributed by atoms with Crippen molar-refractivity contribution in [1.29, 1.82) is 0 Å². The summed E-state index contributed by atoms with van der Waals surface area (Å²) in [6.07, 6.45) is -2.89. The first-order valence-corrected chi connectivity index (χ1v) is 8.86. The lowest BCUT2D eigenvalue weighted by Crippen LogP contribution is -2.59. The lowest BCUT2D eigenvalue weighted by molar-refractivity contribution is -0.307. The van der Waals surface area contributed by atoms with E-state index in [4.69, 9.17) is 18.9 Å². The highest BCUT2D eigenvalue weighted by Crippen LogP contribution is 2.27. The van der Waals surface area contributed by atoms with Crippen LogP contribution in [0.3, 0.4) is 0 Å². The van der Waals surface area contributed by atoms with Gasteiger partial charge in [0.1, 0.15) is 18.3 Å². The standard InChI is InChI=1S/C21H26O5/c1-15-18(22)19(24-13-16-9-5-3-6-10-16)20(21(23-2)26-15)25-14-17-11-7-4-8-12-17/h3-12,15,18-22H,13-14H2,1-2H3/t15-,18+,19+,20-,21?/m0/s1. The van der Waals surface area contributed by atoms with Crippen molar-refractivity contribution in [2.75, 3.05) is 7.11 Å². The highest BCUT2D eigenvalue weighted by molar-refractivity contribution is 5.14. The number of aliphatic hydroxyl groups is 1. The minimum atomic E-state index is -0.800. The number of aliphatic hydroxyl groups excluding tert-OH is 1. The molecule has 2 aromatic rings. The monoisotopic (exact) mass is 358 g/mol. The topological polar surface area (TPSA) is 57.2 Å². The molecule has 1 heterocycles. The molecule has 5 nitrogen and oxygen atoms in total.